The van der Waals surface area contributed by atoms with E-state index in [1.807, 2.05) is 6.92 Å². The molecule has 4 N–H and O–H groups in total. The van der Waals surface area contributed by atoms with Crippen LogP contribution in [-0.4, -0.2) is 29.4 Å². The normalized spacial score (nSPS) is 11.6. The molecule has 6 nitrogen and oxygen atoms in total. The number of hydrogen-bond donors (Lipinski definition) is 3. The van der Waals surface area contributed by atoms with E-state index in [1.54, 1.807) is 12.1 Å². The third-order valence-corrected chi connectivity index (χ3v) is 2.15. The quantitative estimate of drug-likeness (QED) is 0.676. The van der Waals surface area contributed by atoms with E-state index in [4.69, 9.17) is 5.73 Å². The number of primary amides is 1. The molecule has 1 heterocycles. The first kappa shape index (κ1) is 13.0. The second-order valence-electron chi connectivity index (χ2n) is 3.56. The van der Waals surface area contributed by atoms with E-state index in [0.29, 0.717) is 0 Å². The zero-order chi connectivity index (χ0) is 12.8. The minimum absolute atomic E-state index is 0.247. The largest absolute Gasteiger partial charge is 0.385 e. The summed E-state index contributed by atoms with van der Waals surface area (Å²) in [6.07, 6.45) is 1.53. The third-order valence-electron chi connectivity index (χ3n) is 2.15. The maximum Gasteiger partial charge on any atom is 0.270 e. The summed E-state index contributed by atoms with van der Waals surface area (Å²) in [6, 6.07) is 2.66. The molecule has 1 aromatic heterocycles. The summed E-state index contributed by atoms with van der Waals surface area (Å²) in [6.45, 7) is 4.23. The maximum atomic E-state index is 11.7. The highest BCUT2D eigenvalue weighted by Crippen LogP contribution is 2.07. The smallest absolute Gasteiger partial charge is 0.270 e. The van der Waals surface area contributed by atoms with Crippen LogP contribution in [-0.2, 0) is 4.79 Å². The van der Waals surface area contributed by atoms with Gasteiger partial charge < -0.3 is 16.4 Å². The molecule has 1 atom stereocenters. The second kappa shape index (κ2) is 5.83. The molecule has 0 saturated heterocycles. The van der Waals surface area contributed by atoms with Gasteiger partial charge in [-0.15, -0.1) is 0 Å². The molecule has 0 aliphatic heterocycles. The Kier molecular flexibility index (Phi) is 4.45. The molecule has 0 radical (unpaired) electrons. The van der Waals surface area contributed by atoms with Gasteiger partial charge in [0, 0.05) is 18.4 Å². The Labute approximate surface area is 99.6 Å². The summed E-state index contributed by atoms with van der Waals surface area (Å²) < 4.78 is 0. The molecule has 0 fully saturated rings. The molecule has 0 aromatic carbocycles. The predicted octanol–water partition coefficient (Wildman–Crippen LogP) is 0.117. The van der Waals surface area contributed by atoms with Gasteiger partial charge in [0.15, 0.2) is 0 Å². The average molecular weight is 236 g/mol. The van der Waals surface area contributed by atoms with Crippen LogP contribution in [0.15, 0.2) is 18.3 Å². The standard InChI is InChI=1S/C11H16N4O2/c1-3-13-8-4-5-14-9(6-8)11(17)15-7(2)10(12)16/h4-7H,3H2,1-2H3,(H2,12,16)(H,13,14)(H,15,17). The molecular weight excluding hydrogens is 220 g/mol. The number of pyridine rings is 1. The van der Waals surface area contributed by atoms with Gasteiger partial charge in [0.25, 0.3) is 5.91 Å². The monoisotopic (exact) mass is 236 g/mol. The number of nitrogens with one attached hydrogen (secondary N) is 2. The first-order valence-electron chi connectivity index (χ1n) is 5.34. The number of carbonyl (C=O) groups excluding carboxylic acids is 2. The van der Waals surface area contributed by atoms with E-state index in [9.17, 15) is 9.59 Å². The lowest BCUT2D eigenvalue weighted by Crippen LogP contribution is -2.42. The Hall–Kier alpha value is -2.11. The molecule has 1 unspecified atom stereocenters. The van der Waals surface area contributed by atoms with Gasteiger partial charge in [-0.1, -0.05) is 0 Å². The van der Waals surface area contributed by atoms with Crippen molar-refractivity contribution in [3.63, 3.8) is 0 Å². The van der Waals surface area contributed by atoms with Crippen molar-refractivity contribution in [2.75, 3.05) is 11.9 Å². The van der Waals surface area contributed by atoms with E-state index < -0.39 is 17.9 Å². The Morgan fingerprint density at radius 3 is 2.82 bits per heavy atom. The highest BCUT2D eigenvalue weighted by Gasteiger charge is 2.14. The predicted molar refractivity (Wildman–Crippen MR) is 64.5 cm³/mol. The summed E-state index contributed by atoms with van der Waals surface area (Å²) in [5, 5.41) is 5.53. The highest BCUT2D eigenvalue weighted by atomic mass is 16.2. The zero-order valence-electron chi connectivity index (χ0n) is 9.86. The lowest BCUT2D eigenvalue weighted by atomic mass is 10.2. The van der Waals surface area contributed by atoms with Crippen molar-refractivity contribution in [1.29, 1.82) is 0 Å². The van der Waals surface area contributed by atoms with Gasteiger partial charge in [-0.25, -0.2) is 0 Å². The van der Waals surface area contributed by atoms with Crippen LogP contribution in [0.5, 0.6) is 0 Å². The van der Waals surface area contributed by atoms with Gasteiger partial charge in [0.1, 0.15) is 11.7 Å². The molecule has 1 aromatic rings. The number of hydrogen-bond acceptors (Lipinski definition) is 4. The first-order chi connectivity index (χ1) is 8.04. The second-order valence-corrected chi connectivity index (χ2v) is 3.56. The molecule has 92 valence electrons. The summed E-state index contributed by atoms with van der Waals surface area (Å²) in [5.41, 5.74) is 6.11. The van der Waals surface area contributed by atoms with Crippen LogP contribution in [0.1, 0.15) is 24.3 Å². The fourth-order valence-corrected chi connectivity index (χ4v) is 1.21. The van der Waals surface area contributed by atoms with Crippen molar-refractivity contribution >= 4 is 17.5 Å². The lowest BCUT2D eigenvalue weighted by molar-refractivity contribution is -0.119. The molecule has 1 rings (SSSR count). The molecule has 2 amide bonds. The molecular formula is C11H16N4O2. The molecule has 6 heteroatoms. The van der Waals surface area contributed by atoms with Crippen molar-refractivity contribution in [2.24, 2.45) is 5.73 Å². The fraction of sp³-hybridized carbons (Fsp3) is 0.364. The number of nitrogens with two attached hydrogens (primary N) is 1. The van der Waals surface area contributed by atoms with Crippen molar-refractivity contribution in [2.45, 2.75) is 19.9 Å². The first-order valence-corrected chi connectivity index (χ1v) is 5.34. The Morgan fingerprint density at radius 2 is 2.24 bits per heavy atom. The van der Waals surface area contributed by atoms with Gasteiger partial charge in [-0.3, -0.25) is 14.6 Å². The molecule has 17 heavy (non-hydrogen) atoms. The van der Waals surface area contributed by atoms with Crippen LogP contribution in [0.25, 0.3) is 0 Å². The van der Waals surface area contributed by atoms with Crippen molar-refractivity contribution in [3.05, 3.63) is 24.0 Å². The summed E-state index contributed by atoms with van der Waals surface area (Å²) in [4.78, 5) is 26.4. The van der Waals surface area contributed by atoms with Gasteiger partial charge in [0.2, 0.25) is 5.91 Å². The van der Waals surface area contributed by atoms with E-state index in [-0.39, 0.29) is 5.69 Å². The number of anilines is 1. The van der Waals surface area contributed by atoms with Gasteiger partial charge in [0.05, 0.1) is 0 Å². The molecule has 0 spiro atoms. The van der Waals surface area contributed by atoms with Crippen LogP contribution >= 0.6 is 0 Å². The lowest BCUT2D eigenvalue weighted by Gasteiger charge is -2.10. The van der Waals surface area contributed by atoms with E-state index in [2.05, 4.69) is 15.6 Å². The number of rotatable bonds is 5. The highest BCUT2D eigenvalue weighted by molar-refractivity contribution is 5.96. The molecule has 0 aliphatic carbocycles. The number of carbonyl (C=O) groups is 2. The Balaban J connectivity index is 2.75. The van der Waals surface area contributed by atoms with Crippen LogP contribution in [0.3, 0.4) is 0 Å². The minimum Gasteiger partial charge on any atom is -0.385 e. The van der Waals surface area contributed by atoms with Crippen molar-refractivity contribution in [1.82, 2.24) is 10.3 Å². The summed E-state index contributed by atoms with van der Waals surface area (Å²) in [7, 11) is 0. The Bertz CT molecular complexity index is 420. The van der Waals surface area contributed by atoms with Gasteiger partial charge >= 0.3 is 0 Å². The van der Waals surface area contributed by atoms with Crippen molar-refractivity contribution in [3.8, 4) is 0 Å². The van der Waals surface area contributed by atoms with Crippen LogP contribution in [0.4, 0.5) is 5.69 Å². The molecule has 0 saturated carbocycles. The molecule has 0 aliphatic rings. The molecule has 0 bridgehead atoms. The van der Waals surface area contributed by atoms with Gasteiger partial charge in [-0.2, -0.15) is 0 Å². The minimum atomic E-state index is -0.716. The summed E-state index contributed by atoms with van der Waals surface area (Å²) in [5.74, 6) is -1.00. The van der Waals surface area contributed by atoms with E-state index >= 15 is 0 Å². The third kappa shape index (κ3) is 3.75. The fourth-order valence-electron chi connectivity index (χ4n) is 1.21. The SMILES string of the molecule is CCNc1ccnc(C(=O)NC(C)C(N)=O)c1. The van der Waals surface area contributed by atoms with E-state index in [0.717, 1.165) is 12.2 Å². The van der Waals surface area contributed by atoms with Crippen LogP contribution in [0, 0.1) is 0 Å². The van der Waals surface area contributed by atoms with Gasteiger partial charge in [-0.05, 0) is 26.0 Å². The van der Waals surface area contributed by atoms with Crippen LogP contribution in [0.2, 0.25) is 0 Å². The zero-order valence-corrected chi connectivity index (χ0v) is 9.86. The number of aromatic nitrogens is 1. The van der Waals surface area contributed by atoms with Crippen molar-refractivity contribution < 1.29 is 9.59 Å². The van der Waals surface area contributed by atoms with Crippen LogP contribution < -0.4 is 16.4 Å². The average Bonchev–Trinajstić information content (AvgIpc) is 2.29. The Morgan fingerprint density at radius 1 is 1.53 bits per heavy atom. The number of nitrogens with zero attached hydrogens (tertiary/aromatic N) is 1. The topological polar surface area (TPSA) is 97.1 Å². The maximum absolute atomic E-state index is 11.7. The number of amides is 2. The van der Waals surface area contributed by atoms with E-state index in [1.165, 1.54) is 13.1 Å². The summed E-state index contributed by atoms with van der Waals surface area (Å²) >= 11 is 0.